The number of rotatable bonds is 13. The van der Waals surface area contributed by atoms with Crippen molar-refractivity contribution in [2.24, 2.45) is 11.8 Å². The van der Waals surface area contributed by atoms with Crippen LogP contribution in [-0.2, 0) is 12.8 Å². The minimum absolute atomic E-state index is 0.888. The molecule has 1 fully saturated rings. The normalized spacial score (nSPS) is 18.9. The molecule has 0 atom stereocenters. The fourth-order valence-corrected chi connectivity index (χ4v) is 5.31. The van der Waals surface area contributed by atoms with Crippen molar-refractivity contribution in [3.05, 3.63) is 47.9 Å². The van der Waals surface area contributed by atoms with Crippen molar-refractivity contribution in [3.8, 4) is 11.3 Å². The van der Waals surface area contributed by atoms with Gasteiger partial charge < -0.3 is 0 Å². The lowest BCUT2D eigenvalue weighted by atomic mass is 9.78. The Morgan fingerprint density at radius 1 is 0.774 bits per heavy atom. The molecule has 1 saturated carbocycles. The van der Waals surface area contributed by atoms with Crippen molar-refractivity contribution in [2.75, 3.05) is 0 Å². The van der Waals surface area contributed by atoms with Crippen molar-refractivity contribution >= 4 is 0 Å². The molecule has 1 aliphatic carbocycles. The molecule has 2 heteroatoms. The molecule has 0 aliphatic heterocycles. The summed E-state index contributed by atoms with van der Waals surface area (Å²) in [5.41, 5.74) is 5.31. The van der Waals surface area contributed by atoms with E-state index in [0.717, 1.165) is 24.7 Å². The third-order valence-corrected chi connectivity index (χ3v) is 7.48. The Hall–Kier alpha value is -1.70. The maximum Gasteiger partial charge on any atom is 0.116 e. The van der Waals surface area contributed by atoms with Gasteiger partial charge in [-0.05, 0) is 48.6 Å². The smallest absolute Gasteiger partial charge is 0.116 e. The number of aromatic nitrogens is 2. The van der Waals surface area contributed by atoms with Crippen LogP contribution < -0.4 is 0 Å². The number of hydrogen-bond acceptors (Lipinski definition) is 2. The molecular formula is C29H44N2. The van der Waals surface area contributed by atoms with Crippen molar-refractivity contribution in [3.63, 3.8) is 0 Å². The van der Waals surface area contributed by atoms with Crippen LogP contribution in [0, 0.1) is 11.8 Å². The first-order chi connectivity index (χ1) is 15.3. The number of benzene rings is 1. The lowest BCUT2D eigenvalue weighted by Gasteiger charge is -2.27. The summed E-state index contributed by atoms with van der Waals surface area (Å²) >= 11 is 0. The predicted octanol–water partition coefficient (Wildman–Crippen LogP) is 8.59. The molecule has 0 spiro atoms. The summed E-state index contributed by atoms with van der Waals surface area (Å²) in [6.45, 7) is 4.64. The highest BCUT2D eigenvalue weighted by Gasteiger charge is 2.20. The van der Waals surface area contributed by atoms with Gasteiger partial charge in [-0.25, -0.2) is 9.97 Å². The van der Waals surface area contributed by atoms with Crippen molar-refractivity contribution < 1.29 is 0 Å². The van der Waals surface area contributed by atoms with Crippen LogP contribution >= 0.6 is 0 Å². The van der Waals surface area contributed by atoms with Gasteiger partial charge in [0, 0.05) is 11.8 Å². The number of hydrogen-bond donors (Lipinski definition) is 0. The third kappa shape index (κ3) is 7.74. The maximum absolute atomic E-state index is 4.77. The van der Waals surface area contributed by atoms with E-state index in [-0.39, 0.29) is 0 Å². The van der Waals surface area contributed by atoms with Gasteiger partial charge in [-0.3, -0.25) is 0 Å². The van der Waals surface area contributed by atoms with E-state index in [0.29, 0.717) is 0 Å². The van der Waals surface area contributed by atoms with E-state index in [1.54, 1.807) is 6.33 Å². The SMILES string of the molecule is CCCCCCCCCc1ccccc1-c1ncncc1CCC1CCC(CC)CC1. The molecule has 31 heavy (non-hydrogen) atoms. The van der Waals surface area contributed by atoms with Crippen LogP contribution in [0.15, 0.2) is 36.8 Å². The van der Waals surface area contributed by atoms with Crippen LogP contribution in [0.5, 0.6) is 0 Å². The van der Waals surface area contributed by atoms with Crippen LogP contribution in [-0.4, -0.2) is 9.97 Å². The zero-order valence-corrected chi connectivity index (χ0v) is 20.1. The van der Waals surface area contributed by atoms with Crippen molar-refractivity contribution in [1.29, 1.82) is 0 Å². The highest BCUT2D eigenvalue weighted by Crippen LogP contribution is 2.34. The number of aryl methyl sites for hydroxylation is 2. The molecule has 170 valence electrons. The Balaban J connectivity index is 1.57. The third-order valence-electron chi connectivity index (χ3n) is 7.48. The van der Waals surface area contributed by atoms with Crippen molar-refractivity contribution in [2.45, 2.75) is 110 Å². The summed E-state index contributed by atoms with van der Waals surface area (Å²) in [6, 6.07) is 8.94. The molecule has 1 aromatic heterocycles. The summed E-state index contributed by atoms with van der Waals surface area (Å²) < 4.78 is 0. The van der Waals surface area contributed by atoms with Gasteiger partial charge in [0.05, 0.1) is 5.69 Å². The molecule has 0 unspecified atom stereocenters. The molecule has 2 nitrogen and oxygen atoms in total. The fourth-order valence-electron chi connectivity index (χ4n) is 5.31. The Labute approximate surface area is 191 Å². The summed E-state index contributed by atoms with van der Waals surface area (Å²) in [5, 5.41) is 0. The lowest BCUT2D eigenvalue weighted by Crippen LogP contribution is -2.14. The second-order valence-corrected chi connectivity index (χ2v) is 9.76. The first-order valence-corrected chi connectivity index (χ1v) is 13.2. The molecule has 0 radical (unpaired) electrons. The first kappa shape index (κ1) is 24.0. The van der Waals surface area contributed by atoms with Crippen LogP contribution in [0.1, 0.15) is 108 Å². The Kier molecular flexibility index (Phi) is 10.6. The Morgan fingerprint density at radius 2 is 1.48 bits per heavy atom. The number of nitrogens with zero attached hydrogens (tertiary/aromatic N) is 2. The van der Waals surface area contributed by atoms with Gasteiger partial charge in [0.25, 0.3) is 0 Å². The minimum atomic E-state index is 0.888. The van der Waals surface area contributed by atoms with Crippen LogP contribution in [0.4, 0.5) is 0 Å². The van der Waals surface area contributed by atoms with E-state index < -0.39 is 0 Å². The zero-order valence-electron chi connectivity index (χ0n) is 20.1. The molecule has 3 rings (SSSR count). The second kappa shape index (κ2) is 13.7. The van der Waals surface area contributed by atoms with Gasteiger partial charge in [0.15, 0.2) is 0 Å². The van der Waals surface area contributed by atoms with E-state index in [4.69, 9.17) is 4.98 Å². The molecule has 0 amide bonds. The molecule has 2 aromatic rings. The fraction of sp³-hybridized carbons (Fsp3) is 0.655. The van der Waals surface area contributed by atoms with Crippen molar-refractivity contribution in [1.82, 2.24) is 9.97 Å². The van der Waals surface area contributed by atoms with E-state index in [1.807, 2.05) is 0 Å². The standard InChI is InChI=1S/C29H44N2/c1-3-5-6-7-8-9-10-13-26-14-11-12-15-28(26)29-27(22-30-23-31-29)21-20-25-18-16-24(4-2)17-19-25/h11-12,14-15,22-25H,3-10,13,16-21H2,1-2H3. The van der Waals surface area contributed by atoms with E-state index in [9.17, 15) is 0 Å². The average molecular weight is 421 g/mol. The highest BCUT2D eigenvalue weighted by atomic mass is 14.8. The summed E-state index contributed by atoms with van der Waals surface area (Å²) in [5.74, 6) is 1.86. The lowest BCUT2D eigenvalue weighted by molar-refractivity contribution is 0.259. The topological polar surface area (TPSA) is 25.8 Å². The molecule has 0 saturated heterocycles. The Morgan fingerprint density at radius 3 is 2.26 bits per heavy atom. The van der Waals surface area contributed by atoms with E-state index in [1.165, 1.54) is 106 Å². The monoisotopic (exact) mass is 420 g/mol. The molecule has 1 aliphatic rings. The van der Waals surface area contributed by atoms with Gasteiger partial charge in [-0.1, -0.05) is 109 Å². The molecule has 0 bridgehead atoms. The van der Waals surface area contributed by atoms with Gasteiger partial charge in [-0.2, -0.15) is 0 Å². The summed E-state index contributed by atoms with van der Waals surface area (Å²) in [4.78, 5) is 9.16. The van der Waals surface area contributed by atoms with Crippen LogP contribution in [0.25, 0.3) is 11.3 Å². The molecule has 0 N–H and O–H groups in total. The van der Waals surface area contributed by atoms with Gasteiger partial charge >= 0.3 is 0 Å². The molecular weight excluding hydrogens is 376 g/mol. The predicted molar refractivity (Wildman–Crippen MR) is 133 cm³/mol. The largest absolute Gasteiger partial charge is 0.244 e. The number of unbranched alkanes of at least 4 members (excludes halogenated alkanes) is 6. The zero-order chi connectivity index (χ0) is 21.7. The second-order valence-electron chi connectivity index (χ2n) is 9.76. The van der Waals surface area contributed by atoms with Crippen LogP contribution in [0.3, 0.4) is 0 Å². The van der Waals surface area contributed by atoms with Gasteiger partial charge in [-0.15, -0.1) is 0 Å². The van der Waals surface area contributed by atoms with Crippen LogP contribution in [0.2, 0.25) is 0 Å². The van der Waals surface area contributed by atoms with Gasteiger partial charge in [0.1, 0.15) is 6.33 Å². The van der Waals surface area contributed by atoms with E-state index in [2.05, 4.69) is 49.3 Å². The first-order valence-electron chi connectivity index (χ1n) is 13.2. The van der Waals surface area contributed by atoms with E-state index >= 15 is 0 Å². The maximum atomic E-state index is 4.77. The Bertz CT molecular complexity index is 746. The summed E-state index contributed by atoms with van der Waals surface area (Å²) in [7, 11) is 0. The minimum Gasteiger partial charge on any atom is -0.244 e. The highest BCUT2D eigenvalue weighted by molar-refractivity contribution is 5.66. The molecule has 1 heterocycles. The summed E-state index contributed by atoms with van der Waals surface area (Å²) in [6.07, 6.45) is 23.9. The average Bonchev–Trinajstić information content (AvgIpc) is 2.83. The van der Waals surface area contributed by atoms with Gasteiger partial charge in [0.2, 0.25) is 0 Å². The quantitative estimate of drug-likeness (QED) is 0.303. The molecule has 1 aromatic carbocycles.